The number of nitro groups is 1. The van der Waals surface area contributed by atoms with Gasteiger partial charge in [0.05, 0.1) is 4.92 Å². The van der Waals surface area contributed by atoms with E-state index < -0.39 is 0 Å². The van der Waals surface area contributed by atoms with Crippen molar-refractivity contribution in [1.82, 2.24) is 0 Å². The third-order valence-corrected chi connectivity index (χ3v) is 6.18. The average Bonchev–Trinajstić information content (AvgIpc) is 2.59. The van der Waals surface area contributed by atoms with Crippen molar-refractivity contribution in [2.75, 3.05) is 18.0 Å². The largest absolute Gasteiger partial charge is 0.372 e. The van der Waals surface area contributed by atoms with Crippen LogP contribution in [0.4, 0.5) is 11.4 Å². The van der Waals surface area contributed by atoms with E-state index >= 15 is 0 Å². The Morgan fingerprint density at radius 2 is 1.54 bits per heavy atom. The predicted molar refractivity (Wildman–Crippen MR) is 98.4 cm³/mol. The molecule has 0 spiro atoms. The molecule has 1 aliphatic carbocycles. The van der Waals surface area contributed by atoms with Crippen molar-refractivity contribution in [3.63, 3.8) is 0 Å². The van der Waals surface area contributed by atoms with Gasteiger partial charge in [0, 0.05) is 30.9 Å². The highest BCUT2D eigenvalue weighted by Crippen LogP contribution is 2.36. The molecule has 132 valence electrons. The number of rotatable bonds is 3. The topological polar surface area (TPSA) is 46.4 Å². The highest BCUT2D eigenvalue weighted by molar-refractivity contribution is 5.51. The van der Waals surface area contributed by atoms with Crippen molar-refractivity contribution < 1.29 is 4.92 Å². The Balaban J connectivity index is 1.54. The summed E-state index contributed by atoms with van der Waals surface area (Å²) < 4.78 is 0. The third kappa shape index (κ3) is 4.28. The molecule has 4 heteroatoms. The highest BCUT2D eigenvalue weighted by atomic mass is 16.6. The second kappa shape index (κ2) is 8.00. The van der Waals surface area contributed by atoms with Gasteiger partial charge >= 0.3 is 0 Å². The van der Waals surface area contributed by atoms with Crippen molar-refractivity contribution in [2.24, 2.45) is 17.8 Å². The molecule has 24 heavy (non-hydrogen) atoms. The van der Waals surface area contributed by atoms with Crippen LogP contribution in [0.1, 0.15) is 58.3 Å². The minimum absolute atomic E-state index is 0.178. The monoisotopic (exact) mass is 330 g/mol. The Morgan fingerprint density at radius 1 is 0.917 bits per heavy atom. The molecule has 0 aromatic heterocycles. The van der Waals surface area contributed by atoms with Crippen LogP contribution in [0.25, 0.3) is 0 Å². The maximum atomic E-state index is 10.8. The molecule has 1 saturated heterocycles. The van der Waals surface area contributed by atoms with Gasteiger partial charge in [-0.05, 0) is 49.1 Å². The Hall–Kier alpha value is -1.58. The number of hydrogen-bond donors (Lipinski definition) is 0. The Labute approximate surface area is 145 Å². The first-order valence-electron chi connectivity index (χ1n) is 9.63. The first kappa shape index (κ1) is 17.2. The van der Waals surface area contributed by atoms with E-state index in [1.54, 1.807) is 12.1 Å². The molecule has 2 atom stereocenters. The molecule has 0 N–H and O–H groups in total. The van der Waals surface area contributed by atoms with Crippen LogP contribution in [-0.4, -0.2) is 18.0 Å². The minimum atomic E-state index is -0.328. The summed E-state index contributed by atoms with van der Waals surface area (Å²) in [6.45, 7) is 4.60. The zero-order chi connectivity index (χ0) is 16.9. The van der Waals surface area contributed by atoms with Crippen molar-refractivity contribution in [3.8, 4) is 0 Å². The molecule has 2 aliphatic rings. The second-order valence-electron chi connectivity index (χ2n) is 7.83. The van der Waals surface area contributed by atoms with Crippen LogP contribution >= 0.6 is 0 Å². The molecule has 1 aromatic carbocycles. The van der Waals surface area contributed by atoms with Crippen LogP contribution in [0, 0.1) is 27.9 Å². The summed E-state index contributed by atoms with van der Waals surface area (Å²) in [5, 5.41) is 10.8. The highest BCUT2D eigenvalue weighted by Gasteiger charge is 2.27. The van der Waals surface area contributed by atoms with Crippen molar-refractivity contribution in [1.29, 1.82) is 0 Å². The number of piperidine rings is 1. The fourth-order valence-corrected chi connectivity index (χ4v) is 4.57. The van der Waals surface area contributed by atoms with Crippen LogP contribution in [0.15, 0.2) is 24.3 Å². The maximum absolute atomic E-state index is 10.8. The van der Waals surface area contributed by atoms with E-state index in [0.29, 0.717) is 0 Å². The smallest absolute Gasteiger partial charge is 0.269 e. The Morgan fingerprint density at radius 3 is 2.21 bits per heavy atom. The Kier molecular flexibility index (Phi) is 5.75. The summed E-state index contributed by atoms with van der Waals surface area (Å²) >= 11 is 0. The van der Waals surface area contributed by atoms with Crippen molar-refractivity contribution in [2.45, 2.75) is 58.3 Å². The number of anilines is 1. The second-order valence-corrected chi connectivity index (χ2v) is 7.83. The van der Waals surface area contributed by atoms with Gasteiger partial charge in [0.25, 0.3) is 5.69 Å². The third-order valence-electron chi connectivity index (χ3n) is 6.18. The van der Waals surface area contributed by atoms with Gasteiger partial charge in [-0.3, -0.25) is 10.1 Å². The van der Waals surface area contributed by atoms with E-state index in [1.807, 2.05) is 12.1 Å². The first-order chi connectivity index (χ1) is 11.6. The quantitative estimate of drug-likeness (QED) is 0.549. The summed E-state index contributed by atoms with van der Waals surface area (Å²) in [4.78, 5) is 12.8. The lowest BCUT2D eigenvalue weighted by Crippen LogP contribution is -2.36. The number of non-ortho nitro benzene ring substituents is 1. The van der Waals surface area contributed by atoms with Gasteiger partial charge < -0.3 is 4.90 Å². The summed E-state index contributed by atoms with van der Waals surface area (Å²) in [6.07, 6.45) is 11.1. The lowest BCUT2D eigenvalue weighted by Gasteiger charge is -2.38. The van der Waals surface area contributed by atoms with E-state index in [0.717, 1.165) is 36.5 Å². The molecule has 0 amide bonds. The summed E-state index contributed by atoms with van der Waals surface area (Å²) in [5.74, 6) is 2.71. The van der Waals surface area contributed by atoms with Crippen LogP contribution in [0.3, 0.4) is 0 Å². The van der Waals surface area contributed by atoms with Crippen molar-refractivity contribution in [3.05, 3.63) is 34.4 Å². The SMILES string of the molecule is CC1CCCCC(C2CCN(c3ccc([N+](=O)[O-])cc3)CC2)CC1. The van der Waals surface area contributed by atoms with Gasteiger partial charge in [0.1, 0.15) is 0 Å². The van der Waals surface area contributed by atoms with Crippen molar-refractivity contribution >= 4 is 11.4 Å². The van der Waals surface area contributed by atoms with Crippen LogP contribution in [-0.2, 0) is 0 Å². The average molecular weight is 330 g/mol. The number of nitro benzene ring substituents is 1. The van der Waals surface area contributed by atoms with Gasteiger partial charge in [-0.15, -0.1) is 0 Å². The molecule has 1 heterocycles. The van der Waals surface area contributed by atoms with Gasteiger partial charge in [0.15, 0.2) is 0 Å². The molecule has 4 nitrogen and oxygen atoms in total. The molecule has 1 saturated carbocycles. The number of hydrogen-bond acceptors (Lipinski definition) is 3. The van der Waals surface area contributed by atoms with E-state index in [2.05, 4.69) is 11.8 Å². The van der Waals surface area contributed by atoms with E-state index in [1.165, 1.54) is 51.4 Å². The maximum Gasteiger partial charge on any atom is 0.269 e. The van der Waals surface area contributed by atoms with E-state index in [-0.39, 0.29) is 10.6 Å². The van der Waals surface area contributed by atoms with Gasteiger partial charge in [-0.1, -0.05) is 39.0 Å². The van der Waals surface area contributed by atoms with Crippen LogP contribution in [0.2, 0.25) is 0 Å². The standard InChI is InChI=1S/C20H30N2O2/c1-16-4-2-3-5-17(7-6-16)18-12-14-21(15-13-18)19-8-10-20(11-9-19)22(23)24/h8-11,16-18H,2-7,12-15H2,1H3. The Bertz CT molecular complexity index is 535. The number of benzene rings is 1. The summed E-state index contributed by atoms with van der Waals surface area (Å²) in [6, 6.07) is 7.04. The fraction of sp³-hybridized carbons (Fsp3) is 0.700. The van der Waals surface area contributed by atoms with Gasteiger partial charge in [0.2, 0.25) is 0 Å². The molecule has 1 aliphatic heterocycles. The molecule has 2 fully saturated rings. The molecule has 0 bridgehead atoms. The predicted octanol–water partition coefficient (Wildman–Crippen LogP) is 5.42. The number of nitrogens with zero attached hydrogens (tertiary/aromatic N) is 2. The van der Waals surface area contributed by atoms with E-state index in [9.17, 15) is 10.1 Å². The fourth-order valence-electron chi connectivity index (χ4n) is 4.57. The lowest BCUT2D eigenvalue weighted by atomic mass is 9.76. The van der Waals surface area contributed by atoms with Gasteiger partial charge in [-0.2, -0.15) is 0 Å². The zero-order valence-electron chi connectivity index (χ0n) is 14.8. The van der Waals surface area contributed by atoms with Gasteiger partial charge in [-0.25, -0.2) is 0 Å². The summed E-state index contributed by atoms with van der Waals surface area (Å²) in [7, 11) is 0. The minimum Gasteiger partial charge on any atom is -0.372 e. The first-order valence-corrected chi connectivity index (χ1v) is 9.63. The lowest BCUT2D eigenvalue weighted by molar-refractivity contribution is -0.384. The molecule has 0 radical (unpaired) electrons. The molecular formula is C20H30N2O2. The normalized spacial score (nSPS) is 26.6. The van der Waals surface area contributed by atoms with Crippen LogP contribution < -0.4 is 4.90 Å². The molecule has 2 unspecified atom stereocenters. The molecule has 1 aromatic rings. The zero-order valence-corrected chi connectivity index (χ0v) is 14.8. The van der Waals surface area contributed by atoms with Crippen LogP contribution in [0.5, 0.6) is 0 Å². The van der Waals surface area contributed by atoms with E-state index in [4.69, 9.17) is 0 Å². The molecular weight excluding hydrogens is 300 g/mol. The molecule has 3 rings (SSSR count). The summed E-state index contributed by atoms with van der Waals surface area (Å²) in [5.41, 5.74) is 1.31.